The Morgan fingerprint density at radius 3 is 2.10 bits per heavy atom. The zero-order chi connectivity index (χ0) is 21.3. The highest BCUT2D eigenvalue weighted by molar-refractivity contribution is 5.61. The predicted octanol–water partition coefficient (Wildman–Crippen LogP) is 6.81. The van der Waals surface area contributed by atoms with E-state index in [0.29, 0.717) is 35.0 Å². The molecule has 1 aliphatic rings. The number of nitroso groups, excluding NO2 is 3. The van der Waals surface area contributed by atoms with Gasteiger partial charge in [-0.2, -0.15) is 0 Å². The third-order valence-electron chi connectivity index (χ3n) is 5.76. The first kappa shape index (κ1) is 19.6. The second-order valence-corrected chi connectivity index (χ2v) is 7.43. The molecule has 1 aliphatic heterocycles. The largest absolute Gasteiger partial charge is 0.492 e. The van der Waals surface area contributed by atoms with Crippen molar-refractivity contribution in [3.05, 3.63) is 97.1 Å². The topological polar surface area (TPSA) is 97.5 Å². The Kier molecular flexibility index (Phi) is 5.18. The molecule has 4 rings (SSSR count). The lowest BCUT2D eigenvalue weighted by molar-refractivity contribution is 0.247. The number of nitrogens with zero attached hydrogens (tertiary/aromatic N) is 3. The van der Waals surface area contributed by atoms with Gasteiger partial charge in [0.1, 0.15) is 22.8 Å². The Hall–Kier alpha value is -3.74. The summed E-state index contributed by atoms with van der Waals surface area (Å²) in [7, 11) is 0. The van der Waals surface area contributed by atoms with Crippen LogP contribution in [0.25, 0.3) is 0 Å². The maximum Gasteiger partial charge on any atom is 0.128 e. The lowest BCUT2D eigenvalue weighted by atomic mass is 9.75. The molecule has 7 nitrogen and oxygen atoms in total. The monoisotopic (exact) mass is 401 g/mol. The fourth-order valence-electron chi connectivity index (χ4n) is 4.18. The molecule has 0 amide bonds. The quantitative estimate of drug-likeness (QED) is 0.439. The summed E-state index contributed by atoms with van der Waals surface area (Å²) in [6.07, 6.45) is 0. The van der Waals surface area contributed by atoms with E-state index in [1.54, 1.807) is 24.3 Å². The van der Waals surface area contributed by atoms with E-state index >= 15 is 0 Å². The zero-order valence-corrected chi connectivity index (χ0v) is 16.5. The Bertz CT molecular complexity index is 1140. The Morgan fingerprint density at radius 1 is 0.800 bits per heavy atom. The van der Waals surface area contributed by atoms with Crippen molar-refractivity contribution >= 4 is 17.1 Å². The van der Waals surface area contributed by atoms with Gasteiger partial charge in [-0.1, -0.05) is 30.3 Å². The maximum absolute atomic E-state index is 11.1. The maximum atomic E-state index is 11.1. The van der Waals surface area contributed by atoms with Crippen molar-refractivity contribution in [2.24, 2.45) is 15.5 Å². The molecular weight excluding hydrogens is 382 g/mol. The standard InChI is InChI=1S/C23H19N3O4/c1-13-11-16(5-9-20(13)25-28)22-18-8-10-21(26-29)14(2)23(18)30-12-19(22)15-3-6-17(24-27)7-4-15/h3-11,19,22H,12H2,1-2H3. The molecule has 0 spiro atoms. The molecule has 0 bridgehead atoms. The lowest BCUT2D eigenvalue weighted by Crippen LogP contribution is -2.26. The van der Waals surface area contributed by atoms with Gasteiger partial charge in [0, 0.05) is 23.0 Å². The third-order valence-corrected chi connectivity index (χ3v) is 5.76. The minimum absolute atomic E-state index is 0.0397. The van der Waals surface area contributed by atoms with Crippen LogP contribution in [0.2, 0.25) is 0 Å². The fraction of sp³-hybridized carbons (Fsp3) is 0.217. The van der Waals surface area contributed by atoms with E-state index in [9.17, 15) is 14.7 Å². The molecule has 7 heteroatoms. The molecule has 0 aliphatic carbocycles. The van der Waals surface area contributed by atoms with Crippen molar-refractivity contribution in [1.29, 1.82) is 0 Å². The molecular formula is C23H19N3O4. The van der Waals surface area contributed by atoms with Crippen molar-refractivity contribution in [3.63, 3.8) is 0 Å². The van der Waals surface area contributed by atoms with Crippen LogP contribution < -0.4 is 4.74 Å². The summed E-state index contributed by atoms with van der Waals surface area (Å²) in [6, 6.07) is 16.3. The summed E-state index contributed by atoms with van der Waals surface area (Å²) in [6.45, 7) is 4.06. The van der Waals surface area contributed by atoms with E-state index in [4.69, 9.17) is 4.74 Å². The highest BCUT2D eigenvalue weighted by atomic mass is 16.5. The average molecular weight is 401 g/mol. The Balaban J connectivity index is 1.89. The lowest BCUT2D eigenvalue weighted by Gasteiger charge is -2.35. The van der Waals surface area contributed by atoms with E-state index in [1.807, 2.05) is 44.2 Å². The summed E-state index contributed by atoms with van der Waals surface area (Å²) < 4.78 is 6.09. The van der Waals surface area contributed by atoms with Gasteiger partial charge in [-0.15, -0.1) is 14.7 Å². The van der Waals surface area contributed by atoms with Crippen LogP contribution in [0.1, 0.15) is 39.7 Å². The predicted molar refractivity (Wildman–Crippen MR) is 115 cm³/mol. The number of aryl methyl sites for hydroxylation is 1. The molecule has 150 valence electrons. The Morgan fingerprint density at radius 2 is 1.47 bits per heavy atom. The van der Waals surface area contributed by atoms with Gasteiger partial charge in [0.05, 0.1) is 6.61 Å². The summed E-state index contributed by atoms with van der Waals surface area (Å²) in [5.41, 5.74) is 5.57. The van der Waals surface area contributed by atoms with Gasteiger partial charge in [-0.3, -0.25) is 0 Å². The van der Waals surface area contributed by atoms with Crippen LogP contribution in [-0.2, 0) is 0 Å². The zero-order valence-electron chi connectivity index (χ0n) is 16.5. The van der Waals surface area contributed by atoms with Crippen LogP contribution in [0.4, 0.5) is 17.1 Å². The number of benzene rings is 3. The SMILES string of the molecule is Cc1cc(C2c3ccc(N=O)c(C)c3OCC2c2ccc(N=O)cc2)ccc1N=O. The molecule has 3 aromatic rings. The van der Waals surface area contributed by atoms with Crippen molar-refractivity contribution in [2.45, 2.75) is 25.7 Å². The second kappa shape index (κ2) is 7.94. The average Bonchev–Trinajstić information content (AvgIpc) is 2.78. The minimum Gasteiger partial charge on any atom is -0.492 e. The minimum atomic E-state index is -0.0809. The third kappa shape index (κ3) is 3.28. The van der Waals surface area contributed by atoms with Gasteiger partial charge in [-0.05, 0) is 70.3 Å². The van der Waals surface area contributed by atoms with Crippen LogP contribution >= 0.6 is 0 Å². The van der Waals surface area contributed by atoms with Crippen LogP contribution in [0.15, 0.2) is 70.1 Å². The molecule has 0 aromatic heterocycles. The van der Waals surface area contributed by atoms with E-state index in [1.165, 1.54) is 0 Å². The fourth-order valence-corrected chi connectivity index (χ4v) is 4.18. The molecule has 30 heavy (non-hydrogen) atoms. The summed E-state index contributed by atoms with van der Waals surface area (Å²) >= 11 is 0. The first-order valence-electron chi connectivity index (χ1n) is 9.54. The molecule has 3 aromatic carbocycles. The number of rotatable bonds is 5. The van der Waals surface area contributed by atoms with E-state index in [2.05, 4.69) is 15.5 Å². The van der Waals surface area contributed by atoms with Gasteiger partial charge < -0.3 is 4.74 Å². The smallest absolute Gasteiger partial charge is 0.128 e. The number of fused-ring (bicyclic) bond motifs is 1. The van der Waals surface area contributed by atoms with Crippen LogP contribution in [0.3, 0.4) is 0 Å². The van der Waals surface area contributed by atoms with Gasteiger partial charge >= 0.3 is 0 Å². The van der Waals surface area contributed by atoms with Crippen LogP contribution in [0, 0.1) is 28.6 Å². The highest BCUT2D eigenvalue weighted by Crippen LogP contribution is 2.49. The van der Waals surface area contributed by atoms with E-state index < -0.39 is 0 Å². The van der Waals surface area contributed by atoms with Gasteiger partial charge in [0.25, 0.3) is 0 Å². The normalized spacial score (nSPS) is 17.5. The van der Waals surface area contributed by atoms with Crippen molar-refractivity contribution in [3.8, 4) is 5.75 Å². The summed E-state index contributed by atoms with van der Waals surface area (Å²) in [4.78, 5) is 33.0. The van der Waals surface area contributed by atoms with Crippen molar-refractivity contribution in [1.82, 2.24) is 0 Å². The Labute approximate surface area is 173 Å². The first-order chi connectivity index (χ1) is 14.6. The molecule has 2 atom stereocenters. The summed E-state index contributed by atoms with van der Waals surface area (Å²) in [5, 5.41) is 9.13. The van der Waals surface area contributed by atoms with Gasteiger partial charge in [-0.25, -0.2) is 0 Å². The highest BCUT2D eigenvalue weighted by Gasteiger charge is 2.35. The molecule has 0 saturated carbocycles. The number of hydrogen-bond donors (Lipinski definition) is 0. The van der Waals surface area contributed by atoms with E-state index in [0.717, 1.165) is 22.3 Å². The molecule has 0 fully saturated rings. The molecule has 2 unspecified atom stereocenters. The first-order valence-corrected chi connectivity index (χ1v) is 9.54. The molecule has 1 heterocycles. The van der Waals surface area contributed by atoms with Crippen molar-refractivity contribution < 1.29 is 4.74 Å². The van der Waals surface area contributed by atoms with Gasteiger partial charge in [0.2, 0.25) is 0 Å². The second-order valence-electron chi connectivity index (χ2n) is 7.43. The number of ether oxygens (including phenoxy) is 1. The summed E-state index contributed by atoms with van der Waals surface area (Å²) in [5.74, 6) is 0.541. The number of hydrogen-bond acceptors (Lipinski definition) is 7. The van der Waals surface area contributed by atoms with Gasteiger partial charge in [0.15, 0.2) is 0 Å². The molecule has 0 radical (unpaired) electrons. The van der Waals surface area contributed by atoms with Crippen LogP contribution in [0.5, 0.6) is 5.75 Å². The van der Waals surface area contributed by atoms with Crippen LogP contribution in [-0.4, -0.2) is 6.61 Å². The molecule has 0 saturated heterocycles. The van der Waals surface area contributed by atoms with E-state index in [-0.39, 0.29) is 11.8 Å². The van der Waals surface area contributed by atoms with Crippen molar-refractivity contribution in [2.75, 3.05) is 6.61 Å². The molecule has 0 N–H and O–H groups in total.